The first-order valence-electron chi connectivity index (χ1n) is 4.58. The minimum Gasteiger partial charge on any atom is -0.290 e. The van der Waals surface area contributed by atoms with Crippen LogP contribution in [0.2, 0.25) is 0 Å². The van der Waals surface area contributed by atoms with E-state index in [1.165, 1.54) is 0 Å². The van der Waals surface area contributed by atoms with Gasteiger partial charge in [0, 0.05) is 17.7 Å². The number of benzene rings is 1. The number of hydrogen-bond acceptors (Lipinski definition) is 2. The Bertz CT molecular complexity index is 479. The summed E-state index contributed by atoms with van der Waals surface area (Å²) in [5, 5.41) is 0. The summed E-state index contributed by atoms with van der Waals surface area (Å²) in [7, 11) is 0. The number of carbonyl (C=O) groups excluding carboxylic acids is 1. The van der Waals surface area contributed by atoms with E-state index in [1.54, 1.807) is 6.21 Å². The number of fused-ring (bicyclic) bond motifs is 3. The molecule has 0 saturated carbocycles. The molecule has 0 spiro atoms. The maximum Gasteiger partial charge on any atom is 0.277 e. The molecule has 1 atom stereocenters. The molecular weight excluding hydrogens is 212 g/mol. The van der Waals surface area contributed by atoms with Gasteiger partial charge in [-0.05, 0) is 11.6 Å². The normalized spacial score (nSPS) is 21.5. The number of amides is 1. The third kappa shape index (κ3) is 1.39. The fourth-order valence-corrected chi connectivity index (χ4v) is 1.97. The van der Waals surface area contributed by atoms with Crippen LogP contribution in [0.4, 0.5) is 0 Å². The predicted molar refractivity (Wildman–Crippen MR) is 61.6 cm³/mol. The van der Waals surface area contributed by atoms with E-state index in [-0.39, 0.29) is 24.2 Å². The van der Waals surface area contributed by atoms with E-state index in [9.17, 15) is 4.79 Å². The van der Waals surface area contributed by atoms with E-state index in [0.29, 0.717) is 0 Å². The zero-order chi connectivity index (χ0) is 9.54. The van der Waals surface area contributed by atoms with Gasteiger partial charge in [-0.1, -0.05) is 18.2 Å². The van der Waals surface area contributed by atoms with Crippen molar-refractivity contribution in [1.82, 2.24) is 0 Å². The molecule has 0 aromatic heterocycles. The Kier molecular flexibility index (Phi) is 2.40. The van der Waals surface area contributed by atoms with Crippen LogP contribution >= 0.6 is 12.4 Å². The third-order valence-electron chi connectivity index (χ3n) is 2.67. The fourth-order valence-electron chi connectivity index (χ4n) is 1.97. The summed E-state index contributed by atoms with van der Waals surface area (Å²) in [4.78, 5) is 19.7. The maximum atomic E-state index is 11.6. The quantitative estimate of drug-likeness (QED) is 0.658. The lowest BCUT2D eigenvalue weighted by Gasteiger charge is -2.17. The molecule has 1 amide bonds. The van der Waals surface area contributed by atoms with E-state index in [2.05, 4.69) is 9.98 Å². The summed E-state index contributed by atoms with van der Waals surface area (Å²) in [6.07, 6.45) is 1.71. The van der Waals surface area contributed by atoms with Crippen molar-refractivity contribution in [2.24, 2.45) is 9.98 Å². The zero-order valence-corrected chi connectivity index (χ0v) is 8.70. The fraction of sp³-hybridized carbons (Fsp3) is 0.182. The number of rotatable bonds is 0. The van der Waals surface area contributed by atoms with Crippen LogP contribution in [0.25, 0.3) is 0 Å². The van der Waals surface area contributed by atoms with Gasteiger partial charge in [-0.2, -0.15) is 0 Å². The molecule has 2 aliphatic heterocycles. The molecule has 1 aromatic carbocycles. The van der Waals surface area contributed by atoms with Crippen LogP contribution in [0.5, 0.6) is 0 Å². The van der Waals surface area contributed by atoms with Gasteiger partial charge in [0.15, 0.2) is 0 Å². The monoisotopic (exact) mass is 220 g/mol. The molecule has 0 bridgehead atoms. The van der Waals surface area contributed by atoms with Crippen LogP contribution in [0.1, 0.15) is 21.8 Å². The highest BCUT2D eigenvalue weighted by Crippen LogP contribution is 2.29. The average molecular weight is 221 g/mol. The molecule has 76 valence electrons. The second kappa shape index (κ2) is 3.59. The van der Waals surface area contributed by atoms with Crippen molar-refractivity contribution in [2.75, 3.05) is 6.54 Å². The minimum absolute atomic E-state index is 0. The molecule has 3 nitrogen and oxygen atoms in total. The first-order valence-corrected chi connectivity index (χ1v) is 4.58. The van der Waals surface area contributed by atoms with Gasteiger partial charge >= 0.3 is 0 Å². The Balaban J connectivity index is 0.000000853. The summed E-state index contributed by atoms with van der Waals surface area (Å²) < 4.78 is 0. The standard InChI is InChI=1S/C11H8N2O.ClH/c14-11-8-4-2-1-3-7(8)9-5-12-6-10(9)13-11;/h1-4,6,9H,5H2;1H. The van der Waals surface area contributed by atoms with Crippen LogP contribution in [0, 0.1) is 0 Å². The average Bonchev–Trinajstić information content (AvgIpc) is 2.66. The minimum atomic E-state index is -0.139. The highest BCUT2D eigenvalue weighted by molar-refractivity contribution is 6.38. The molecule has 0 fully saturated rings. The molecular formula is C11H9ClN2O. The van der Waals surface area contributed by atoms with Gasteiger partial charge in [-0.25, -0.2) is 4.99 Å². The molecule has 0 aliphatic carbocycles. The predicted octanol–water partition coefficient (Wildman–Crippen LogP) is 1.87. The first kappa shape index (κ1) is 10.1. The molecule has 2 heterocycles. The van der Waals surface area contributed by atoms with Gasteiger partial charge in [-0.15, -0.1) is 12.4 Å². The number of carbonyl (C=O) groups is 1. The van der Waals surface area contributed by atoms with Crippen molar-refractivity contribution < 1.29 is 4.79 Å². The van der Waals surface area contributed by atoms with Gasteiger partial charge in [0.25, 0.3) is 5.91 Å². The van der Waals surface area contributed by atoms with Crippen LogP contribution in [-0.2, 0) is 0 Å². The lowest BCUT2D eigenvalue weighted by atomic mass is 9.89. The number of halogens is 1. The molecule has 4 heteroatoms. The SMILES string of the molecule is Cl.O=C1N=C2C=NCC2c2ccccc21. The lowest BCUT2D eigenvalue weighted by Crippen LogP contribution is -2.21. The van der Waals surface area contributed by atoms with E-state index in [1.807, 2.05) is 24.3 Å². The molecule has 0 N–H and O–H groups in total. The summed E-state index contributed by atoms with van der Waals surface area (Å²) in [6.45, 7) is 0.725. The van der Waals surface area contributed by atoms with Crippen molar-refractivity contribution in [3.63, 3.8) is 0 Å². The molecule has 0 radical (unpaired) electrons. The van der Waals surface area contributed by atoms with E-state index >= 15 is 0 Å². The third-order valence-corrected chi connectivity index (χ3v) is 2.67. The Morgan fingerprint density at radius 1 is 1.27 bits per heavy atom. The van der Waals surface area contributed by atoms with Gasteiger partial charge in [0.2, 0.25) is 0 Å². The van der Waals surface area contributed by atoms with Crippen molar-refractivity contribution >= 4 is 30.2 Å². The van der Waals surface area contributed by atoms with Crippen molar-refractivity contribution in [2.45, 2.75) is 5.92 Å². The molecule has 3 rings (SSSR count). The van der Waals surface area contributed by atoms with Crippen molar-refractivity contribution in [1.29, 1.82) is 0 Å². The van der Waals surface area contributed by atoms with Crippen molar-refractivity contribution in [3.05, 3.63) is 35.4 Å². The highest BCUT2D eigenvalue weighted by atomic mass is 35.5. The Labute approximate surface area is 93.3 Å². The van der Waals surface area contributed by atoms with Crippen molar-refractivity contribution in [3.8, 4) is 0 Å². The van der Waals surface area contributed by atoms with Crippen LogP contribution in [0.15, 0.2) is 34.3 Å². The second-order valence-electron chi connectivity index (χ2n) is 3.48. The summed E-state index contributed by atoms with van der Waals surface area (Å²) in [6, 6.07) is 7.64. The van der Waals surface area contributed by atoms with E-state index in [0.717, 1.165) is 23.4 Å². The molecule has 1 unspecified atom stereocenters. The topological polar surface area (TPSA) is 41.8 Å². The summed E-state index contributed by atoms with van der Waals surface area (Å²) >= 11 is 0. The van der Waals surface area contributed by atoms with Crippen LogP contribution < -0.4 is 0 Å². The molecule has 2 aliphatic rings. The highest BCUT2D eigenvalue weighted by Gasteiger charge is 2.30. The van der Waals surface area contributed by atoms with Gasteiger partial charge in [0.05, 0.1) is 12.3 Å². The van der Waals surface area contributed by atoms with Crippen LogP contribution in [0.3, 0.4) is 0 Å². The Morgan fingerprint density at radius 2 is 2.07 bits per heavy atom. The first-order chi connectivity index (χ1) is 6.86. The number of hydrogen-bond donors (Lipinski definition) is 0. The summed E-state index contributed by atoms with van der Waals surface area (Å²) in [5.74, 6) is 0.0732. The van der Waals surface area contributed by atoms with Gasteiger partial charge in [0.1, 0.15) is 0 Å². The van der Waals surface area contributed by atoms with E-state index < -0.39 is 0 Å². The smallest absolute Gasteiger partial charge is 0.277 e. The number of nitrogens with zero attached hydrogens (tertiary/aromatic N) is 2. The van der Waals surface area contributed by atoms with Crippen LogP contribution in [-0.4, -0.2) is 24.4 Å². The largest absolute Gasteiger partial charge is 0.290 e. The maximum absolute atomic E-state index is 11.6. The molecule has 0 saturated heterocycles. The Hall–Kier alpha value is -1.48. The van der Waals surface area contributed by atoms with Gasteiger partial charge in [-0.3, -0.25) is 9.79 Å². The van der Waals surface area contributed by atoms with Gasteiger partial charge < -0.3 is 0 Å². The zero-order valence-electron chi connectivity index (χ0n) is 7.88. The van der Waals surface area contributed by atoms with E-state index in [4.69, 9.17) is 0 Å². The lowest BCUT2D eigenvalue weighted by molar-refractivity contribution is 0.0999. The summed E-state index contributed by atoms with van der Waals surface area (Å²) in [5.41, 5.74) is 2.61. The second-order valence-corrected chi connectivity index (χ2v) is 3.48. The Morgan fingerprint density at radius 3 is 2.93 bits per heavy atom. The number of aliphatic imine (C=N–C) groups is 2. The molecule has 1 aromatic rings. The molecule has 15 heavy (non-hydrogen) atoms.